The fraction of sp³-hybridized carbons (Fsp3) is 0.391. The SMILES string of the molecule is [C-]#[N+]c1csc(-c2cccc(Sc3cnc(N4CCC5(CC4)CO[C@@H](C)[C@H]5N)cn3)c2Cl)n1. The number of benzene rings is 1. The highest BCUT2D eigenvalue weighted by molar-refractivity contribution is 7.99. The quantitative estimate of drug-likeness (QED) is 0.489. The van der Waals surface area contributed by atoms with Crippen LogP contribution < -0.4 is 10.6 Å². The van der Waals surface area contributed by atoms with Gasteiger partial charge in [0.25, 0.3) is 5.82 Å². The van der Waals surface area contributed by atoms with Crippen LogP contribution in [0.4, 0.5) is 11.6 Å². The molecule has 2 aliphatic heterocycles. The van der Waals surface area contributed by atoms with E-state index in [9.17, 15) is 0 Å². The van der Waals surface area contributed by atoms with Crippen LogP contribution in [0.1, 0.15) is 19.8 Å². The zero-order valence-corrected chi connectivity index (χ0v) is 20.5. The first-order valence-corrected chi connectivity index (χ1v) is 12.8. The summed E-state index contributed by atoms with van der Waals surface area (Å²) in [6.45, 7) is 11.7. The van der Waals surface area contributed by atoms with E-state index in [2.05, 4.69) is 31.6 Å². The molecule has 2 fully saturated rings. The molecule has 2 atom stereocenters. The predicted octanol–water partition coefficient (Wildman–Crippen LogP) is 5.29. The third kappa shape index (κ3) is 4.34. The maximum atomic E-state index is 7.12. The summed E-state index contributed by atoms with van der Waals surface area (Å²) < 4.78 is 5.82. The minimum absolute atomic E-state index is 0.0911. The number of nitrogens with zero attached hydrogens (tertiary/aromatic N) is 5. The molecule has 3 aromatic rings. The summed E-state index contributed by atoms with van der Waals surface area (Å²) >= 11 is 9.55. The van der Waals surface area contributed by atoms with Gasteiger partial charge in [-0.2, -0.15) is 0 Å². The Hall–Kier alpha value is -2.22. The van der Waals surface area contributed by atoms with E-state index in [1.807, 2.05) is 24.4 Å². The number of rotatable bonds is 4. The van der Waals surface area contributed by atoms with E-state index in [1.165, 1.54) is 23.1 Å². The van der Waals surface area contributed by atoms with Gasteiger partial charge in [-0.15, -0.1) is 16.3 Å². The second kappa shape index (κ2) is 9.20. The van der Waals surface area contributed by atoms with Crippen LogP contribution in [-0.4, -0.2) is 46.8 Å². The number of anilines is 1. The second-order valence-electron chi connectivity index (χ2n) is 8.45. The molecule has 0 amide bonds. The lowest BCUT2D eigenvalue weighted by molar-refractivity contribution is 0.0974. The Bertz CT molecular complexity index is 1190. The summed E-state index contributed by atoms with van der Waals surface area (Å²) in [6, 6.07) is 5.90. The second-order valence-corrected chi connectivity index (χ2v) is 10.7. The van der Waals surface area contributed by atoms with Crippen LogP contribution in [0.3, 0.4) is 0 Å². The van der Waals surface area contributed by atoms with Crippen LogP contribution in [0.25, 0.3) is 15.4 Å². The number of thiazole rings is 1. The Morgan fingerprint density at radius 3 is 2.76 bits per heavy atom. The van der Waals surface area contributed by atoms with Gasteiger partial charge in [-0.05, 0) is 31.9 Å². The molecule has 0 aliphatic carbocycles. The third-order valence-electron chi connectivity index (χ3n) is 6.56. The zero-order chi connectivity index (χ0) is 23.0. The van der Waals surface area contributed by atoms with Crippen LogP contribution in [-0.2, 0) is 4.74 Å². The molecule has 170 valence electrons. The van der Waals surface area contributed by atoms with Crippen LogP contribution in [0, 0.1) is 12.0 Å². The summed E-state index contributed by atoms with van der Waals surface area (Å²) in [5.41, 5.74) is 7.34. The lowest BCUT2D eigenvalue weighted by Gasteiger charge is -2.41. The lowest BCUT2D eigenvalue weighted by Crippen LogP contribution is -2.50. The van der Waals surface area contributed by atoms with Gasteiger partial charge in [0.2, 0.25) is 5.01 Å². The van der Waals surface area contributed by atoms with Crippen LogP contribution >= 0.6 is 34.7 Å². The molecule has 4 heterocycles. The number of hydrogen-bond acceptors (Lipinski definition) is 8. The van der Waals surface area contributed by atoms with Gasteiger partial charge < -0.3 is 20.2 Å². The summed E-state index contributed by atoms with van der Waals surface area (Å²) in [4.78, 5) is 20.1. The van der Waals surface area contributed by atoms with E-state index in [1.54, 1.807) is 11.6 Å². The fourth-order valence-corrected chi connectivity index (χ4v) is 6.42. The summed E-state index contributed by atoms with van der Waals surface area (Å²) in [6.07, 6.45) is 5.76. The van der Waals surface area contributed by atoms with Crippen molar-refractivity contribution < 1.29 is 4.74 Å². The molecule has 2 saturated heterocycles. The number of aromatic nitrogens is 3. The van der Waals surface area contributed by atoms with E-state index in [0.717, 1.165) is 58.8 Å². The monoisotopic (exact) mass is 498 g/mol. The van der Waals surface area contributed by atoms with Crippen molar-refractivity contribution in [2.45, 2.75) is 41.8 Å². The highest BCUT2D eigenvalue weighted by Crippen LogP contribution is 2.42. The van der Waals surface area contributed by atoms with E-state index >= 15 is 0 Å². The largest absolute Gasteiger partial charge is 0.376 e. The highest BCUT2D eigenvalue weighted by Gasteiger charge is 2.47. The average Bonchev–Trinajstić information content (AvgIpc) is 3.43. The molecule has 2 N–H and O–H groups in total. The molecule has 2 aromatic heterocycles. The van der Waals surface area contributed by atoms with Crippen molar-refractivity contribution in [3.8, 4) is 10.6 Å². The van der Waals surface area contributed by atoms with E-state index in [4.69, 9.17) is 28.6 Å². The molecule has 1 aromatic carbocycles. The molecule has 1 spiro atoms. The third-order valence-corrected chi connectivity index (χ3v) is 8.92. The molecule has 0 bridgehead atoms. The molecule has 0 saturated carbocycles. The normalized spacial score (nSPS) is 21.9. The number of hydrogen-bond donors (Lipinski definition) is 1. The van der Waals surface area contributed by atoms with Crippen molar-refractivity contribution in [3.05, 3.63) is 52.4 Å². The topological polar surface area (TPSA) is 81.5 Å². The molecule has 0 radical (unpaired) electrons. The molecular weight excluding hydrogens is 476 g/mol. The van der Waals surface area contributed by atoms with Gasteiger partial charge in [-0.3, -0.25) is 0 Å². The van der Waals surface area contributed by atoms with Crippen molar-refractivity contribution >= 4 is 46.3 Å². The van der Waals surface area contributed by atoms with Gasteiger partial charge in [0.05, 0.1) is 35.7 Å². The lowest BCUT2D eigenvalue weighted by atomic mass is 9.73. The Morgan fingerprint density at radius 2 is 2.12 bits per heavy atom. The maximum absolute atomic E-state index is 7.12. The molecule has 7 nitrogen and oxygen atoms in total. The number of halogens is 1. The summed E-state index contributed by atoms with van der Waals surface area (Å²) in [5.74, 6) is 1.26. The number of ether oxygens (including phenoxy) is 1. The molecule has 33 heavy (non-hydrogen) atoms. The van der Waals surface area contributed by atoms with E-state index in [-0.39, 0.29) is 17.6 Å². The van der Waals surface area contributed by atoms with Gasteiger partial charge >= 0.3 is 0 Å². The zero-order valence-electron chi connectivity index (χ0n) is 18.1. The van der Waals surface area contributed by atoms with Crippen LogP contribution in [0.2, 0.25) is 5.02 Å². The Morgan fingerprint density at radius 1 is 1.30 bits per heavy atom. The molecular formula is C23H23ClN6OS2. The van der Waals surface area contributed by atoms with Gasteiger partial charge in [-0.1, -0.05) is 36.0 Å². The van der Waals surface area contributed by atoms with Crippen molar-refractivity contribution in [1.29, 1.82) is 0 Å². The Labute approximate surface area is 206 Å². The predicted molar refractivity (Wildman–Crippen MR) is 132 cm³/mol. The van der Waals surface area contributed by atoms with Crippen molar-refractivity contribution in [1.82, 2.24) is 15.0 Å². The van der Waals surface area contributed by atoms with Gasteiger partial charge in [0.15, 0.2) is 0 Å². The van der Waals surface area contributed by atoms with Crippen molar-refractivity contribution in [2.75, 3.05) is 24.6 Å². The van der Waals surface area contributed by atoms with Crippen LogP contribution in [0.15, 0.2) is 45.9 Å². The van der Waals surface area contributed by atoms with Crippen LogP contribution in [0.5, 0.6) is 0 Å². The minimum atomic E-state index is 0.0911. The number of piperidine rings is 1. The molecule has 0 unspecified atom stereocenters. The van der Waals surface area contributed by atoms with Gasteiger partial charge in [-0.25, -0.2) is 9.97 Å². The first kappa shape index (κ1) is 22.6. The molecule has 5 rings (SSSR count). The van der Waals surface area contributed by atoms with Crippen molar-refractivity contribution in [3.63, 3.8) is 0 Å². The minimum Gasteiger partial charge on any atom is -0.376 e. The van der Waals surface area contributed by atoms with Crippen molar-refractivity contribution in [2.24, 2.45) is 11.1 Å². The Kier molecular flexibility index (Phi) is 6.29. The first-order chi connectivity index (χ1) is 16.0. The summed E-state index contributed by atoms with van der Waals surface area (Å²) in [7, 11) is 0. The fourth-order valence-electron chi connectivity index (χ4n) is 4.49. The van der Waals surface area contributed by atoms with Gasteiger partial charge in [0, 0.05) is 34.8 Å². The summed E-state index contributed by atoms with van der Waals surface area (Å²) in [5, 5.41) is 3.84. The average molecular weight is 499 g/mol. The molecule has 10 heteroatoms. The Balaban J connectivity index is 1.27. The highest BCUT2D eigenvalue weighted by atomic mass is 35.5. The maximum Gasteiger partial charge on any atom is 0.281 e. The molecule has 2 aliphatic rings. The van der Waals surface area contributed by atoms with Gasteiger partial charge in [0.1, 0.15) is 10.8 Å². The number of nitrogens with two attached hydrogens (primary N) is 1. The standard InChI is InChI=1S/C23H23ClN6OS2/c1-14-21(25)23(13-31-14)6-8-30(9-7-23)18-10-28-19(11-27-18)33-16-5-3-4-15(20(16)24)22-29-17(26-2)12-32-22/h3-5,10-12,14,21H,6-9,13,25H2,1H3/t14-,21+/m0/s1. The first-order valence-electron chi connectivity index (χ1n) is 10.7. The van der Waals surface area contributed by atoms with E-state index < -0.39 is 0 Å². The van der Waals surface area contributed by atoms with E-state index in [0.29, 0.717) is 10.8 Å². The smallest absolute Gasteiger partial charge is 0.281 e.